The van der Waals surface area contributed by atoms with E-state index in [2.05, 4.69) is 31.5 Å². The Hall–Kier alpha value is -2.21. The third-order valence-electron chi connectivity index (χ3n) is 3.73. The van der Waals surface area contributed by atoms with E-state index >= 15 is 0 Å². The predicted molar refractivity (Wildman–Crippen MR) is 90.5 cm³/mol. The number of amides is 2. The minimum atomic E-state index is -0.252. The van der Waals surface area contributed by atoms with Gasteiger partial charge in [-0.25, -0.2) is 0 Å². The van der Waals surface area contributed by atoms with Crippen LogP contribution in [-0.4, -0.2) is 16.8 Å². The fraction of sp³-hybridized carbons (Fsp3) is 0.235. The van der Waals surface area contributed by atoms with Crippen LogP contribution in [0.4, 0.5) is 5.69 Å². The van der Waals surface area contributed by atoms with Gasteiger partial charge in [-0.3, -0.25) is 14.6 Å². The molecule has 0 radical (unpaired) electrons. The highest BCUT2D eigenvalue weighted by molar-refractivity contribution is 9.10. The summed E-state index contributed by atoms with van der Waals surface area (Å²) in [6.07, 6.45) is 2.28. The van der Waals surface area contributed by atoms with Gasteiger partial charge >= 0.3 is 0 Å². The van der Waals surface area contributed by atoms with Crippen molar-refractivity contribution in [2.45, 2.75) is 13.0 Å². The van der Waals surface area contributed by atoms with Gasteiger partial charge in [-0.15, -0.1) is 0 Å². The second-order valence-electron chi connectivity index (χ2n) is 5.49. The molecule has 0 bridgehead atoms. The molecule has 1 aromatic carbocycles. The quantitative estimate of drug-likeness (QED) is 0.846. The van der Waals surface area contributed by atoms with E-state index in [0.717, 1.165) is 15.9 Å². The summed E-state index contributed by atoms with van der Waals surface area (Å²) in [6, 6.07) is 12.9. The Morgan fingerprint density at radius 1 is 1.13 bits per heavy atom. The summed E-state index contributed by atoms with van der Waals surface area (Å²) in [5, 5.41) is 5.67. The van der Waals surface area contributed by atoms with Crippen LogP contribution >= 0.6 is 15.9 Å². The van der Waals surface area contributed by atoms with Crippen LogP contribution in [-0.2, 0) is 16.1 Å². The number of benzene rings is 1. The zero-order valence-electron chi connectivity index (χ0n) is 12.3. The lowest BCUT2D eigenvalue weighted by molar-refractivity contribution is -0.125. The maximum atomic E-state index is 12.2. The van der Waals surface area contributed by atoms with Crippen molar-refractivity contribution in [3.8, 4) is 0 Å². The van der Waals surface area contributed by atoms with Crippen molar-refractivity contribution in [1.82, 2.24) is 10.3 Å². The third kappa shape index (κ3) is 4.16. The molecule has 23 heavy (non-hydrogen) atoms. The number of nitrogens with zero attached hydrogens (tertiary/aromatic N) is 1. The molecular formula is C17H16BrN3O2. The Labute approximate surface area is 142 Å². The summed E-state index contributed by atoms with van der Waals surface area (Å²) in [5.41, 5.74) is 1.53. The van der Waals surface area contributed by atoms with Gasteiger partial charge in [0.25, 0.3) is 0 Å². The Morgan fingerprint density at radius 3 is 2.70 bits per heavy atom. The molecule has 1 saturated carbocycles. The summed E-state index contributed by atoms with van der Waals surface area (Å²) in [5.74, 6) is -0.699. The van der Waals surface area contributed by atoms with Gasteiger partial charge in [0.05, 0.1) is 24.1 Å². The molecule has 118 valence electrons. The van der Waals surface area contributed by atoms with Crippen LogP contribution in [0.5, 0.6) is 0 Å². The molecule has 2 aromatic rings. The number of hydrogen-bond donors (Lipinski definition) is 2. The summed E-state index contributed by atoms with van der Waals surface area (Å²) in [6.45, 7) is 0.385. The van der Waals surface area contributed by atoms with Crippen LogP contribution in [0.3, 0.4) is 0 Å². The van der Waals surface area contributed by atoms with Crippen molar-refractivity contribution in [3.63, 3.8) is 0 Å². The summed E-state index contributed by atoms with van der Waals surface area (Å²) < 4.78 is 0.899. The minimum absolute atomic E-state index is 0.0926. The monoisotopic (exact) mass is 373 g/mol. The van der Waals surface area contributed by atoms with Gasteiger partial charge in [-0.1, -0.05) is 28.1 Å². The van der Waals surface area contributed by atoms with Gasteiger partial charge in [0.15, 0.2) is 0 Å². The second kappa shape index (κ2) is 6.91. The van der Waals surface area contributed by atoms with Crippen molar-refractivity contribution >= 4 is 33.4 Å². The van der Waals surface area contributed by atoms with E-state index in [1.165, 1.54) is 0 Å². The number of aromatic nitrogens is 1. The molecule has 1 aromatic heterocycles. The first-order chi connectivity index (χ1) is 11.1. The number of carbonyl (C=O) groups is 2. The molecule has 1 fully saturated rings. The molecule has 3 rings (SSSR count). The van der Waals surface area contributed by atoms with Crippen molar-refractivity contribution in [2.75, 3.05) is 5.32 Å². The molecule has 5 nitrogen and oxygen atoms in total. The Balaban J connectivity index is 1.48. The molecule has 2 unspecified atom stereocenters. The Bertz CT molecular complexity index is 721. The SMILES string of the molecule is O=C(NCc1ccccn1)C1CC1C(=O)Nc1cccc(Br)c1. The first kappa shape index (κ1) is 15.7. The zero-order chi connectivity index (χ0) is 16.2. The summed E-state index contributed by atoms with van der Waals surface area (Å²) >= 11 is 3.36. The second-order valence-corrected chi connectivity index (χ2v) is 6.40. The average molecular weight is 374 g/mol. The number of carbonyl (C=O) groups excluding carboxylic acids is 2. The van der Waals surface area contributed by atoms with Crippen molar-refractivity contribution in [2.24, 2.45) is 11.8 Å². The number of pyridine rings is 1. The molecule has 1 heterocycles. The molecule has 2 N–H and O–H groups in total. The molecular weight excluding hydrogens is 358 g/mol. The van der Waals surface area contributed by atoms with E-state index in [4.69, 9.17) is 0 Å². The number of hydrogen-bond acceptors (Lipinski definition) is 3. The smallest absolute Gasteiger partial charge is 0.228 e. The molecule has 2 atom stereocenters. The average Bonchev–Trinajstić information content (AvgIpc) is 3.34. The molecule has 0 saturated heterocycles. The summed E-state index contributed by atoms with van der Waals surface area (Å²) in [4.78, 5) is 28.4. The lowest BCUT2D eigenvalue weighted by atomic mass is 10.2. The van der Waals surface area contributed by atoms with E-state index < -0.39 is 0 Å². The van der Waals surface area contributed by atoms with Gasteiger partial charge in [0, 0.05) is 16.4 Å². The van der Waals surface area contributed by atoms with Crippen LogP contribution < -0.4 is 10.6 Å². The van der Waals surface area contributed by atoms with Crippen LogP contribution in [0.25, 0.3) is 0 Å². The minimum Gasteiger partial charge on any atom is -0.350 e. The maximum absolute atomic E-state index is 12.2. The van der Waals surface area contributed by atoms with Gasteiger partial charge < -0.3 is 10.6 Å². The largest absolute Gasteiger partial charge is 0.350 e. The topological polar surface area (TPSA) is 71.1 Å². The lowest BCUT2D eigenvalue weighted by Crippen LogP contribution is -2.27. The highest BCUT2D eigenvalue weighted by Gasteiger charge is 2.47. The molecule has 2 amide bonds. The van der Waals surface area contributed by atoms with Crippen LogP contribution in [0.15, 0.2) is 53.1 Å². The van der Waals surface area contributed by atoms with Gasteiger partial charge in [-0.05, 0) is 36.8 Å². The number of nitrogens with one attached hydrogen (secondary N) is 2. The standard InChI is InChI=1S/C17H16BrN3O2/c18-11-4-3-6-12(8-11)21-17(23)15-9-14(15)16(22)20-10-13-5-1-2-7-19-13/h1-8,14-15H,9-10H2,(H,20,22)(H,21,23). The molecule has 0 spiro atoms. The summed E-state index contributed by atoms with van der Waals surface area (Å²) in [7, 11) is 0. The van der Waals surface area contributed by atoms with Gasteiger partial charge in [-0.2, -0.15) is 0 Å². The first-order valence-electron chi connectivity index (χ1n) is 7.37. The highest BCUT2D eigenvalue weighted by atomic mass is 79.9. The van der Waals surface area contributed by atoms with Crippen molar-refractivity contribution < 1.29 is 9.59 Å². The lowest BCUT2D eigenvalue weighted by Gasteiger charge is -2.06. The van der Waals surface area contributed by atoms with E-state index in [1.807, 2.05) is 42.5 Å². The van der Waals surface area contributed by atoms with E-state index in [0.29, 0.717) is 13.0 Å². The van der Waals surface area contributed by atoms with Crippen molar-refractivity contribution in [3.05, 3.63) is 58.8 Å². The van der Waals surface area contributed by atoms with Crippen molar-refractivity contribution in [1.29, 1.82) is 0 Å². The Morgan fingerprint density at radius 2 is 1.96 bits per heavy atom. The van der Waals surface area contributed by atoms with Crippen LogP contribution in [0.1, 0.15) is 12.1 Å². The molecule has 0 aliphatic heterocycles. The maximum Gasteiger partial charge on any atom is 0.228 e. The molecule has 1 aliphatic rings. The highest BCUT2D eigenvalue weighted by Crippen LogP contribution is 2.39. The number of rotatable bonds is 5. The van der Waals surface area contributed by atoms with Gasteiger partial charge in [0.1, 0.15) is 0 Å². The molecule has 1 aliphatic carbocycles. The van der Waals surface area contributed by atoms with Crippen LogP contribution in [0, 0.1) is 11.8 Å². The van der Waals surface area contributed by atoms with E-state index in [9.17, 15) is 9.59 Å². The fourth-order valence-corrected chi connectivity index (χ4v) is 2.79. The van der Waals surface area contributed by atoms with E-state index in [-0.39, 0.29) is 23.7 Å². The fourth-order valence-electron chi connectivity index (χ4n) is 2.39. The Kier molecular flexibility index (Phi) is 4.71. The molecule has 6 heteroatoms. The zero-order valence-corrected chi connectivity index (χ0v) is 13.9. The number of halogens is 1. The first-order valence-corrected chi connectivity index (χ1v) is 8.17. The van der Waals surface area contributed by atoms with Gasteiger partial charge in [0.2, 0.25) is 11.8 Å². The van der Waals surface area contributed by atoms with Crippen LogP contribution in [0.2, 0.25) is 0 Å². The van der Waals surface area contributed by atoms with E-state index in [1.54, 1.807) is 6.20 Å². The third-order valence-corrected chi connectivity index (χ3v) is 4.22. The predicted octanol–water partition coefficient (Wildman–Crippen LogP) is 2.74. The normalized spacial score (nSPS) is 19.0. The number of anilines is 1.